The molecular formula is C8H11N5O2. The Labute approximate surface area is 84.2 Å². The Bertz CT molecular complexity index is 578. The van der Waals surface area contributed by atoms with Gasteiger partial charge in [0.2, 0.25) is 0 Å². The second-order valence-electron chi connectivity index (χ2n) is 3.08. The number of rotatable bonds is 3. The molecule has 0 aliphatic carbocycles. The summed E-state index contributed by atoms with van der Waals surface area (Å²) < 4.78 is 1.68. The van der Waals surface area contributed by atoms with Gasteiger partial charge in [-0.1, -0.05) is 6.92 Å². The van der Waals surface area contributed by atoms with E-state index in [2.05, 4.69) is 20.3 Å². The first-order chi connectivity index (χ1) is 7.22. The summed E-state index contributed by atoms with van der Waals surface area (Å²) in [7, 11) is 0. The molecule has 7 nitrogen and oxygen atoms in total. The Morgan fingerprint density at radius 2 is 2.27 bits per heavy atom. The number of nitrogens with zero attached hydrogens (tertiary/aromatic N) is 2. The molecular weight excluding hydrogens is 198 g/mol. The predicted molar refractivity (Wildman–Crippen MR) is 54.7 cm³/mol. The summed E-state index contributed by atoms with van der Waals surface area (Å²) in [5, 5.41) is 3.07. The second kappa shape index (κ2) is 3.70. The molecule has 0 aliphatic rings. The fourth-order valence-corrected chi connectivity index (χ4v) is 1.33. The summed E-state index contributed by atoms with van der Waals surface area (Å²) in [4.78, 5) is 30.9. The first kappa shape index (κ1) is 9.66. The largest absolute Gasteiger partial charge is 0.327 e. The predicted octanol–water partition coefficient (Wildman–Crippen LogP) is -1.02. The third-order valence-electron chi connectivity index (χ3n) is 2.04. The van der Waals surface area contributed by atoms with Gasteiger partial charge in [0.15, 0.2) is 5.52 Å². The first-order valence-electron chi connectivity index (χ1n) is 4.60. The highest BCUT2D eigenvalue weighted by Crippen LogP contribution is 2.00. The van der Waals surface area contributed by atoms with Crippen LogP contribution in [0.25, 0.3) is 11.2 Å². The van der Waals surface area contributed by atoms with Gasteiger partial charge in [0.25, 0.3) is 5.56 Å². The highest BCUT2D eigenvalue weighted by molar-refractivity contribution is 5.68. The minimum absolute atomic E-state index is 0.243. The van der Waals surface area contributed by atoms with Crippen molar-refractivity contribution in [2.75, 3.05) is 6.54 Å². The number of hydrogen-bond acceptors (Lipinski definition) is 4. The average molecular weight is 209 g/mol. The zero-order valence-corrected chi connectivity index (χ0v) is 8.20. The summed E-state index contributed by atoms with van der Waals surface area (Å²) in [5.41, 5.74) is -0.313. The van der Waals surface area contributed by atoms with Crippen LogP contribution in [-0.4, -0.2) is 26.1 Å². The van der Waals surface area contributed by atoms with Gasteiger partial charge in [0.05, 0.1) is 13.0 Å². The number of imidazole rings is 1. The highest BCUT2D eigenvalue weighted by Gasteiger charge is 2.06. The van der Waals surface area contributed by atoms with E-state index in [0.717, 1.165) is 6.54 Å². The summed E-state index contributed by atoms with van der Waals surface area (Å²) in [6.45, 7) is 3.27. The third-order valence-corrected chi connectivity index (χ3v) is 2.04. The molecule has 0 saturated heterocycles. The molecule has 0 spiro atoms. The van der Waals surface area contributed by atoms with Crippen LogP contribution in [0, 0.1) is 0 Å². The number of nitrogens with one attached hydrogen (secondary N) is 3. The van der Waals surface area contributed by atoms with Crippen LogP contribution in [0.1, 0.15) is 6.92 Å². The van der Waals surface area contributed by atoms with Crippen LogP contribution < -0.4 is 16.6 Å². The molecule has 0 aromatic carbocycles. The van der Waals surface area contributed by atoms with Crippen molar-refractivity contribution in [3.8, 4) is 0 Å². The Morgan fingerprint density at radius 1 is 1.47 bits per heavy atom. The van der Waals surface area contributed by atoms with Gasteiger partial charge in [-0.3, -0.25) is 20.1 Å². The topological polar surface area (TPSA) is 95.6 Å². The van der Waals surface area contributed by atoms with Crippen LogP contribution >= 0.6 is 0 Å². The summed E-state index contributed by atoms with van der Waals surface area (Å²) in [5.74, 6) is 0. The van der Waals surface area contributed by atoms with Crippen molar-refractivity contribution in [3.63, 3.8) is 0 Å². The van der Waals surface area contributed by atoms with Gasteiger partial charge >= 0.3 is 5.69 Å². The van der Waals surface area contributed by atoms with Crippen LogP contribution in [0.4, 0.5) is 0 Å². The van der Waals surface area contributed by atoms with E-state index in [9.17, 15) is 9.59 Å². The van der Waals surface area contributed by atoms with E-state index in [1.54, 1.807) is 4.57 Å². The lowest BCUT2D eigenvalue weighted by molar-refractivity contribution is 0.584. The average Bonchev–Trinajstić information content (AvgIpc) is 2.58. The fourth-order valence-electron chi connectivity index (χ4n) is 1.33. The molecule has 2 aromatic heterocycles. The summed E-state index contributed by atoms with van der Waals surface area (Å²) >= 11 is 0. The van der Waals surface area contributed by atoms with Gasteiger partial charge < -0.3 is 4.57 Å². The Hall–Kier alpha value is -1.89. The molecule has 0 bridgehead atoms. The van der Waals surface area contributed by atoms with Crippen molar-refractivity contribution in [2.45, 2.75) is 13.6 Å². The van der Waals surface area contributed by atoms with Crippen molar-refractivity contribution >= 4 is 11.2 Å². The molecule has 0 aliphatic heterocycles. The molecule has 0 atom stereocenters. The Morgan fingerprint density at radius 3 is 3.00 bits per heavy atom. The first-order valence-corrected chi connectivity index (χ1v) is 4.60. The van der Waals surface area contributed by atoms with E-state index in [4.69, 9.17) is 0 Å². The smallest absolute Gasteiger partial charge is 0.303 e. The molecule has 0 saturated carbocycles. The molecule has 2 rings (SSSR count). The maximum absolute atomic E-state index is 11.3. The van der Waals surface area contributed by atoms with E-state index in [1.165, 1.54) is 6.33 Å². The van der Waals surface area contributed by atoms with Crippen LogP contribution in [0.2, 0.25) is 0 Å². The Balaban J connectivity index is 2.58. The number of fused-ring (bicyclic) bond motifs is 1. The van der Waals surface area contributed by atoms with Crippen molar-refractivity contribution in [3.05, 3.63) is 27.2 Å². The minimum Gasteiger partial charge on any atom is -0.303 e. The van der Waals surface area contributed by atoms with Crippen LogP contribution in [0.15, 0.2) is 15.9 Å². The summed E-state index contributed by atoms with van der Waals surface area (Å²) in [6.07, 6.45) is 1.51. The lowest BCUT2D eigenvalue weighted by Gasteiger charge is -2.02. The number of H-pyrrole nitrogens is 2. The maximum Gasteiger partial charge on any atom is 0.327 e. The van der Waals surface area contributed by atoms with Crippen molar-refractivity contribution in [1.82, 2.24) is 24.8 Å². The van der Waals surface area contributed by atoms with Gasteiger partial charge in [-0.2, -0.15) is 0 Å². The van der Waals surface area contributed by atoms with Crippen LogP contribution in [0.5, 0.6) is 0 Å². The van der Waals surface area contributed by atoms with Crippen LogP contribution in [-0.2, 0) is 6.67 Å². The normalized spacial score (nSPS) is 11.0. The van der Waals surface area contributed by atoms with Gasteiger partial charge in [-0.25, -0.2) is 9.78 Å². The molecule has 0 unspecified atom stereocenters. The molecule has 15 heavy (non-hydrogen) atoms. The summed E-state index contributed by atoms with van der Waals surface area (Å²) in [6, 6.07) is 0. The van der Waals surface area contributed by atoms with E-state index in [1.807, 2.05) is 6.92 Å². The number of aromatic amines is 2. The zero-order chi connectivity index (χ0) is 10.8. The minimum atomic E-state index is -0.522. The third kappa shape index (κ3) is 1.68. The molecule has 80 valence electrons. The van der Waals surface area contributed by atoms with Gasteiger partial charge in [0.1, 0.15) is 5.65 Å². The van der Waals surface area contributed by atoms with E-state index >= 15 is 0 Å². The zero-order valence-electron chi connectivity index (χ0n) is 8.20. The van der Waals surface area contributed by atoms with E-state index < -0.39 is 11.2 Å². The maximum atomic E-state index is 11.3. The molecule has 2 aromatic rings. The standard InChI is InChI=1S/C8H11N5O2/c1-2-9-3-13-4-10-5-6(13)11-8(15)12-7(5)14/h4,9H,2-3H2,1H3,(H2,11,12,14,15). The number of aromatic nitrogens is 4. The van der Waals surface area contributed by atoms with Crippen molar-refractivity contribution in [2.24, 2.45) is 0 Å². The van der Waals surface area contributed by atoms with Crippen LogP contribution in [0.3, 0.4) is 0 Å². The molecule has 0 fully saturated rings. The Kier molecular flexibility index (Phi) is 2.38. The molecule has 0 radical (unpaired) electrons. The molecule has 3 N–H and O–H groups in total. The SMILES string of the molecule is CCNCn1cnc2c(=O)[nH]c(=O)[nH]c21. The second-order valence-corrected chi connectivity index (χ2v) is 3.08. The molecule has 0 amide bonds. The van der Waals surface area contributed by atoms with Gasteiger partial charge in [-0.15, -0.1) is 0 Å². The highest BCUT2D eigenvalue weighted by atomic mass is 16.2. The van der Waals surface area contributed by atoms with Gasteiger partial charge in [0, 0.05) is 0 Å². The lowest BCUT2D eigenvalue weighted by Crippen LogP contribution is -2.24. The molecule has 7 heteroatoms. The lowest BCUT2D eigenvalue weighted by atomic mass is 10.5. The van der Waals surface area contributed by atoms with Crippen molar-refractivity contribution < 1.29 is 0 Å². The molecule has 2 heterocycles. The number of hydrogen-bond donors (Lipinski definition) is 3. The monoisotopic (exact) mass is 209 g/mol. The quantitative estimate of drug-likeness (QED) is 0.603. The van der Waals surface area contributed by atoms with Gasteiger partial charge in [-0.05, 0) is 6.54 Å². The van der Waals surface area contributed by atoms with E-state index in [0.29, 0.717) is 12.3 Å². The fraction of sp³-hybridized carbons (Fsp3) is 0.375. The van der Waals surface area contributed by atoms with Crippen molar-refractivity contribution in [1.29, 1.82) is 0 Å². The van der Waals surface area contributed by atoms with E-state index in [-0.39, 0.29) is 5.52 Å².